The summed E-state index contributed by atoms with van der Waals surface area (Å²) in [6.45, 7) is 6.30. The standard InChI is InChI=1S/C23H28N2O3/c1-3-16-28-21-11-7-5-9-19(21)22(26)24-20-10-6-4-8-18(20)23(27)25-14-12-17(2)13-15-25/h4-11,17H,3,12-16H2,1-2H3,(H,24,26). The molecule has 1 fully saturated rings. The second-order valence-electron chi connectivity index (χ2n) is 7.32. The molecule has 2 amide bonds. The molecular weight excluding hydrogens is 352 g/mol. The van der Waals surface area contributed by atoms with E-state index < -0.39 is 0 Å². The first-order valence-corrected chi connectivity index (χ1v) is 10.0. The summed E-state index contributed by atoms with van der Waals surface area (Å²) in [7, 11) is 0. The van der Waals surface area contributed by atoms with Crippen LogP contribution in [0.15, 0.2) is 48.5 Å². The van der Waals surface area contributed by atoms with Gasteiger partial charge in [0.15, 0.2) is 0 Å². The lowest BCUT2D eigenvalue weighted by Gasteiger charge is -2.30. The van der Waals surface area contributed by atoms with E-state index in [4.69, 9.17) is 4.74 Å². The third kappa shape index (κ3) is 4.71. The van der Waals surface area contributed by atoms with Crippen LogP contribution in [0, 0.1) is 5.92 Å². The van der Waals surface area contributed by atoms with Crippen LogP contribution in [0.4, 0.5) is 5.69 Å². The Bertz CT molecular complexity index is 826. The number of ether oxygens (including phenoxy) is 1. The number of piperidine rings is 1. The van der Waals surface area contributed by atoms with E-state index in [2.05, 4.69) is 12.2 Å². The number of carbonyl (C=O) groups excluding carboxylic acids is 2. The van der Waals surface area contributed by atoms with E-state index in [0.717, 1.165) is 32.4 Å². The zero-order valence-electron chi connectivity index (χ0n) is 16.6. The lowest BCUT2D eigenvalue weighted by atomic mass is 9.98. The van der Waals surface area contributed by atoms with Crippen LogP contribution in [0.5, 0.6) is 5.75 Å². The number of likely N-dealkylation sites (tertiary alicyclic amines) is 1. The number of nitrogens with one attached hydrogen (secondary N) is 1. The highest BCUT2D eigenvalue weighted by atomic mass is 16.5. The summed E-state index contributed by atoms with van der Waals surface area (Å²) < 4.78 is 5.69. The van der Waals surface area contributed by atoms with Crippen LogP contribution in [0.2, 0.25) is 0 Å². The van der Waals surface area contributed by atoms with E-state index in [1.54, 1.807) is 30.3 Å². The minimum Gasteiger partial charge on any atom is -0.493 e. The molecule has 28 heavy (non-hydrogen) atoms. The molecule has 0 atom stereocenters. The molecule has 1 saturated heterocycles. The average molecular weight is 380 g/mol. The Morgan fingerprint density at radius 1 is 1.04 bits per heavy atom. The van der Waals surface area contributed by atoms with Crippen molar-refractivity contribution >= 4 is 17.5 Å². The van der Waals surface area contributed by atoms with Crippen LogP contribution in [-0.2, 0) is 0 Å². The van der Waals surface area contributed by atoms with Crippen LogP contribution in [-0.4, -0.2) is 36.4 Å². The topological polar surface area (TPSA) is 58.6 Å². The first-order chi connectivity index (χ1) is 13.6. The fourth-order valence-corrected chi connectivity index (χ4v) is 3.34. The van der Waals surface area contributed by atoms with Crippen LogP contribution >= 0.6 is 0 Å². The Kier molecular flexibility index (Phi) is 6.69. The van der Waals surface area contributed by atoms with E-state index in [1.165, 1.54) is 0 Å². The van der Waals surface area contributed by atoms with Gasteiger partial charge in [0, 0.05) is 13.1 Å². The number of para-hydroxylation sites is 2. The number of hydrogen-bond donors (Lipinski definition) is 1. The molecule has 0 unspecified atom stereocenters. The number of amides is 2. The average Bonchev–Trinajstić information content (AvgIpc) is 2.73. The molecule has 5 heteroatoms. The molecule has 0 saturated carbocycles. The quantitative estimate of drug-likeness (QED) is 0.797. The summed E-state index contributed by atoms with van der Waals surface area (Å²) in [4.78, 5) is 27.8. The molecule has 2 aromatic carbocycles. The van der Waals surface area contributed by atoms with Gasteiger partial charge in [-0.1, -0.05) is 38.1 Å². The highest BCUT2D eigenvalue weighted by Crippen LogP contribution is 2.24. The molecule has 0 aromatic heterocycles. The Morgan fingerprint density at radius 3 is 2.39 bits per heavy atom. The van der Waals surface area contributed by atoms with Crippen LogP contribution in [0.25, 0.3) is 0 Å². The Morgan fingerprint density at radius 2 is 1.68 bits per heavy atom. The van der Waals surface area contributed by atoms with Crippen molar-refractivity contribution in [3.05, 3.63) is 59.7 Å². The van der Waals surface area contributed by atoms with Gasteiger partial charge in [0.25, 0.3) is 11.8 Å². The molecule has 1 N–H and O–H groups in total. The second kappa shape index (κ2) is 9.40. The predicted octanol–water partition coefficient (Wildman–Crippen LogP) is 4.60. The molecule has 1 heterocycles. The van der Waals surface area contributed by atoms with E-state index in [0.29, 0.717) is 35.1 Å². The number of anilines is 1. The van der Waals surface area contributed by atoms with E-state index in [-0.39, 0.29) is 11.8 Å². The highest BCUT2D eigenvalue weighted by Gasteiger charge is 2.24. The maximum absolute atomic E-state index is 13.0. The Hall–Kier alpha value is -2.82. The number of carbonyl (C=O) groups is 2. The van der Waals surface area contributed by atoms with E-state index in [1.807, 2.05) is 30.0 Å². The third-order valence-corrected chi connectivity index (χ3v) is 5.07. The Labute approximate surface area is 166 Å². The molecule has 3 rings (SSSR count). The van der Waals surface area contributed by atoms with Gasteiger partial charge in [0.2, 0.25) is 0 Å². The summed E-state index contributed by atoms with van der Waals surface area (Å²) >= 11 is 0. The molecule has 0 spiro atoms. The minimum atomic E-state index is -0.279. The molecule has 0 aliphatic carbocycles. The van der Waals surface area contributed by atoms with Gasteiger partial charge in [-0.3, -0.25) is 9.59 Å². The van der Waals surface area contributed by atoms with Crippen molar-refractivity contribution in [2.45, 2.75) is 33.1 Å². The summed E-state index contributed by atoms with van der Waals surface area (Å²) in [6.07, 6.45) is 2.90. The van der Waals surface area contributed by atoms with Crippen molar-refractivity contribution < 1.29 is 14.3 Å². The predicted molar refractivity (Wildman–Crippen MR) is 111 cm³/mol. The number of rotatable bonds is 6. The highest BCUT2D eigenvalue weighted by molar-refractivity contribution is 6.10. The van der Waals surface area contributed by atoms with Crippen LogP contribution in [0.3, 0.4) is 0 Å². The van der Waals surface area contributed by atoms with Gasteiger partial charge >= 0.3 is 0 Å². The second-order valence-corrected chi connectivity index (χ2v) is 7.32. The van der Waals surface area contributed by atoms with Gasteiger partial charge in [0.1, 0.15) is 5.75 Å². The lowest BCUT2D eigenvalue weighted by molar-refractivity contribution is 0.0698. The van der Waals surface area contributed by atoms with Crippen molar-refractivity contribution in [1.29, 1.82) is 0 Å². The van der Waals surface area contributed by atoms with Gasteiger partial charge in [-0.2, -0.15) is 0 Å². The zero-order chi connectivity index (χ0) is 19.9. The van der Waals surface area contributed by atoms with Crippen molar-refractivity contribution in [2.24, 2.45) is 5.92 Å². The summed E-state index contributed by atoms with van der Waals surface area (Å²) in [5, 5.41) is 2.91. The fraction of sp³-hybridized carbons (Fsp3) is 0.391. The first-order valence-electron chi connectivity index (χ1n) is 10.0. The normalized spacial score (nSPS) is 14.6. The molecule has 2 aromatic rings. The molecule has 148 valence electrons. The van der Waals surface area contributed by atoms with Crippen LogP contribution in [0.1, 0.15) is 53.8 Å². The molecule has 0 bridgehead atoms. The Balaban J connectivity index is 1.78. The largest absolute Gasteiger partial charge is 0.493 e. The first kappa shape index (κ1) is 19.9. The lowest BCUT2D eigenvalue weighted by Crippen LogP contribution is -2.38. The van der Waals surface area contributed by atoms with Crippen molar-refractivity contribution in [1.82, 2.24) is 4.90 Å². The molecule has 5 nitrogen and oxygen atoms in total. The summed E-state index contributed by atoms with van der Waals surface area (Å²) in [6, 6.07) is 14.4. The minimum absolute atomic E-state index is 0.0293. The van der Waals surface area contributed by atoms with Gasteiger partial charge in [-0.25, -0.2) is 0 Å². The van der Waals surface area contributed by atoms with Gasteiger partial charge in [-0.15, -0.1) is 0 Å². The summed E-state index contributed by atoms with van der Waals surface area (Å²) in [5.41, 5.74) is 1.52. The number of nitrogens with zero attached hydrogens (tertiary/aromatic N) is 1. The van der Waals surface area contributed by atoms with Crippen molar-refractivity contribution in [3.63, 3.8) is 0 Å². The smallest absolute Gasteiger partial charge is 0.259 e. The molecular formula is C23H28N2O3. The fourth-order valence-electron chi connectivity index (χ4n) is 3.34. The molecule has 0 radical (unpaired) electrons. The van der Waals surface area contributed by atoms with Crippen molar-refractivity contribution in [3.8, 4) is 5.75 Å². The van der Waals surface area contributed by atoms with E-state index >= 15 is 0 Å². The maximum atomic E-state index is 13.0. The monoisotopic (exact) mass is 380 g/mol. The van der Waals surface area contributed by atoms with Crippen LogP contribution < -0.4 is 10.1 Å². The van der Waals surface area contributed by atoms with Crippen molar-refractivity contribution in [2.75, 3.05) is 25.0 Å². The third-order valence-electron chi connectivity index (χ3n) is 5.07. The molecule has 1 aliphatic rings. The van der Waals surface area contributed by atoms with Gasteiger partial charge in [-0.05, 0) is 49.4 Å². The maximum Gasteiger partial charge on any atom is 0.259 e. The number of benzene rings is 2. The van der Waals surface area contributed by atoms with Gasteiger partial charge < -0.3 is 15.0 Å². The number of hydrogen-bond acceptors (Lipinski definition) is 3. The molecule has 1 aliphatic heterocycles. The zero-order valence-corrected chi connectivity index (χ0v) is 16.6. The summed E-state index contributed by atoms with van der Waals surface area (Å²) in [5.74, 6) is 0.895. The van der Waals surface area contributed by atoms with Gasteiger partial charge in [0.05, 0.1) is 23.4 Å². The van der Waals surface area contributed by atoms with E-state index in [9.17, 15) is 9.59 Å². The SMILES string of the molecule is CCCOc1ccccc1C(=O)Nc1ccccc1C(=O)N1CCC(C)CC1.